The Bertz CT molecular complexity index is 923. The molecule has 2 heterocycles. The van der Waals surface area contributed by atoms with Gasteiger partial charge in [-0.15, -0.1) is 0 Å². The summed E-state index contributed by atoms with van der Waals surface area (Å²) in [5, 5.41) is 2.85. The number of amides is 1. The molecule has 158 valence electrons. The molecule has 30 heavy (non-hydrogen) atoms. The Balaban J connectivity index is 1.58. The van der Waals surface area contributed by atoms with Crippen LogP contribution >= 0.6 is 0 Å². The molecule has 0 spiro atoms. The minimum Gasteiger partial charge on any atom is -0.494 e. The van der Waals surface area contributed by atoms with Crippen molar-refractivity contribution in [1.29, 1.82) is 0 Å². The summed E-state index contributed by atoms with van der Waals surface area (Å²) < 4.78 is 11.1. The second kappa shape index (κ2) is 10.5. The van der Waals surface area contributed by atoms with Crippen molar-refractivity contribution in [3.8, 4) is 5.75 Å². The number of carbonyl (C=O) groups excluding carboxylic acids is 1. The average molecular weight is 409 g/mol. The lowest BCUT2D eigenvalue weighted by atomic mass is 10.2. The molecule has 3 aromatic rings. The van der Waals surface area contributed by atoms with Crippen LogP contribution in [0, 0.1) is 0 Å². The average Bonchev–Trinajstić information content (AvgIpc) is 3.22. The molecule has 7 heteroatoms. The molecule has 0 saturated heterocycles. The number of aromatic nitrogens is 2. The predicted octanol–water partition coefficient (Wildman–Crippen LogP) is 3.81. The predicted molar refractivity (Wildman–Crippen MR) is 114 cm³/mol. The van der Waals surface area contributed by atoms with Crippen LogP contribution in [0.3, 0.4) is 0 Å². The fourth-order valence-electron chi connectivity index (χ4n) is 2.95. The molecular formula is C23H28N4O3. The second-order valence-electron chi connectivity index (χ2n) is 7.24. The topological polar surface area (TPSA) is 80.5 Å². The lowest BCUT2D eigenvalue weighted by Crippen LogP contribution is -2.30. The van der Waals surface area contributed by atoms with Crippen molar-refractivity contribution in [2.24, 2.45) is 0 Å². The van der Waals surface area contributed by atoms with Gasteiger partial charge >= 0.3 is 0 Å². The van der Waals surface area contributed by atoms with Crippen LogP contribution in [0.1, 0.15) is 48.3 Å². The number of nitrogens with one attached hydrogen (secondary N) is 1. The van der Waals surface area contributed by atoms with Crippen molar-refractivity contribution < 1.29 is 13.9 Å². The standard InChI is InChI=1S/C23H28N4O3/c1-4-29-20-7-5-19(6-8-20)14-27(17(2)3)15-22-26-21(16-30-22)23(28)25-13-18-9-11-24-12-10-18/h5-12,16-17H,4,13-15H2,1-3H3,(H,25,28). The van der Waals surface area contributed by atoms with Gasteiger partial charge in [0.15, 0.2) is 5.69 Å². The van der Waals surface area contributed by atoms with Crippen molar-refractivity contribution in [2.75, 3.05) is 6.61 Å². The Kier molecular flexibility index (Phi) is 7.57. The Hall–Kier alpha value is -3.19. The molecule has 0 unspecified atom stereocenters. The molecule has 1 N–H and O–H groups in total. The summed E-state index contributed by atoms with van der Waals surface area (Å²) in [5.74, 6) is 1.13. The van der Waals surface area contributed by atoms with Crippen LogP contribution in [-0.4, -0.2) is 33.4 Å². The summed E-state index contributed by atoms with van der Waals surface area (Å²) in [4.78, 5) is 22.9. The number of hydrogen-bond acceptors (Lipinski definition) is 6. The van der Waals surface area contributed by atoms with E-state index >= 15 is 0 Å². The Morgan fingerprint density at radius 1 is 1.10 bits per heavy atom. The minimum absolute atomic E-state index is 0.260. The highest BCUT2D eigenvalue weighted by atomic mass is 16.5. The third-order valence-electron chi connectivity index (χ3n) is 4.68. The van der Waals surface area contributed by atoms with Crippen LogP contribution < -0.4 is 10.1 Å². The van der Waals surface area contributed by atoms with Gasteiger partial charge in [-0.2, -0.15) is 0 Å². The van der Waals surface area contributed by atoms with Gasteiger partial charge < -0.3 is 14.5 Å². The van der Waals surface area contributed by atoms with E-state index in [1.54, 1.807) is 12.4 Å². The summed E-state index contributed by atoms with van der Waals surface area (Å²) in [6.07, 6.45) is 4.80. The lowest BCUT2D eigenvalue weighted by Gasteiger charge is -2.25. The first kappa shape index (κ1) is 21.5. The van der Waals surface area contributed by atoms with Crippen LogP contribution in [-0.2, 0) is 19.6 Å². The number of hydrogen-bond donors (Lipinski definition) is 1. The number of rotatable bonds is 10. The maximum Gasteiger partial charge on any atom is 0.273 e. The fourth-order valence-corrected chi connectivity index (χ4v) is 2.95. The third-order valence-corrected chi connectivity index (χ3v) is 4.68. The van der Waals surface area contributed by atoms with Gasteiger partial charge in [0.1, 0.15) is 12.0 Å². The van der Waals surface area contributed by atoms with E-state index in [4.69, 9.17) is 9.15 Å². The largest absolute Gasteiger partial charge is 0.494 e. The number of benzene rings is 1. The molecule has 0 radical (unpaired) electrons. The van der Waals surface area contributed by atoms with Crippen LogP contribution in [0.2, 0.25) is 0 Å². The van der Waals surface area contributed by atoms with Gasteiger partial charge in [0.25, 0.3) is 5.91 Å². The first-order valence-electron chi connectivity index (χ1n) is 10.1. The van der Waals surface area contributed by atoms with Gasteiger partial charge in [-0.1, -0.05) is 12.1 Å². The summed E-state index contributed by atoms with van der Waals surface area (Å²) in [7, 11) is 0. The quantitative estimate of drug-likeness (QED) is 0.549. The van der Waals surface area contributed by atoms with Gasteiger partial charge in [-0.3, -0.25) is 14.7 Å². The number of ether oxygens (including phenoxy) is 1. The maximum atomic E-state index is 12.4. The number of carbonyl (C=O) groups is 1. The smallest absolute Gasteiger partial charge is 0.273 e. The number of oxazole rings is 1. The van der Waals surface area contributed by atoms with Gasteiger partial charge in [0.05, 0.1) is 13.2 Å². The van der Waals surface area contributed by atoms with E-state index in [0.717, 1.165) is 17.9 Å². The molecule has 7 nitrogen and oxygen atoms in total. The highest BCUT2D eigenvalue weighted by Gasteiger charge is 2.17. The molecule has 2 aromatic heterocycles. The monoisotopic (exact) mass is 408 g/mol. The Morgan fingerprint density at radius 3 is 2.50 bits per heavy atom. The summed E-state index contributed by atoms with van der Waals surface area (Å²) in [6.45, 7) is 8.55. The zero-order valence-corrected chi connectivity index (χ0v) is 17.7. The van der Waals surface area contributed by atoms with Crippen LogP contribution in [0.25, 0.3) is 0 Å². The first-order chi connectivity index (χ1) is 14.5. The maximum absolute atomic E-state index is 12.4. The molecule has 0 aliphatic rings. The van der Waals surface area contributed by atoms with E-state index in [2.05, 4.69) is 46.2 Å². The Labute approximate surface area is 177 Å². The van der Waals surface area contributed by atoms with Crippen LogP contribution in [0.4, 0.5) is 0 Å². The molecule has 0 aliphatic heterocycles. The van der Waals surface area contributed by atoms with Gasteiger partial charge in [-0.05, 0) is 56.2 Å². The van der Waals surface area contributed by atoms with Gasteiger partial charge in [0.2, 0.25) is 5.89 Å². The molecular weight excluding hydrogens is 380 g/mol. The summed E-state index contributed by atoms with van der Waals surface area (Å²) in [5.41, 5.74) is 2.43. The second-order valence-corrected chi connectivity index (χ2v) is 7.24. The van der Waals surface area contributed by atoms with E-state index in [-0.39, 0.29) is 17.6 Å². The van der Waals surface area contributed by atoms with Crippen molar-refractivity contribution >= 4 is 5.91 Å². The number of nitrogens with zero attached hydrogens (tertiary/aromatic N) is 3. The van der Waals surface area contributed by atoms with E-state index < -0.39 is 0 Å². The Morgan fingerprint density at radius 2 is 1.83 bits per heavy atom. The van der Waals surface area contributed by atoms with E-state index in [1.165, 1.54) is 11.8 Å². The van der Waals surface area contributed by atoms with Gasteiger partial charge in [0, 0.05) is 31.5 Å². The van der Waals surface area contributed by atoms with Crippen molar-refractivity contribution in [2.45, 2.75) is 46.4 Å². The van der Waals surface area contributed by atoms with Crippen molar-refractivity contribution in [1.82, 2.24) is 20.2 Å². The van der Waals surface area contributed by atoms with E-state index in [9.17, 15) is 4.79 Å². The minimum atomic E-state index is -0.260. The van der Waals surface area contributed by atoms with Crippen molar-refractivity contribution in [3.05, 3.63) is 77.8 Å². The molecule has 0 bridgehead atoms. The molecule has 0 fully saturated rings. The number of pyridine rings is 1. The lowest BCUT2D eigenvalue weighted by molar-refractivity contribution is 0.0945. The van der Waals surface area contributed by atoms with Crippen LogP contribution in [0.5, 0.6) is 5.75 Å². The zero-order valence-electron chi connectivity index (χ0n) is 17.7. The molecule has 0 aliphatic carbocycles. The van der Waals surface area contributed by atoms with E-state index in [0.29, 0.717) is 25.6 Å². The third kappa shape index (κ3) is 6.15. The van der Waals surface area contributed by atoms with Crippen LogP contribution in [0.15, 0.2) is 59.5 Å². The first-order valence-corrected chi connectivity index (χ1v) is 10.1. The normalized spacial score (nSPS) is 11.1. The molecule has 1 amide bonds. The molecule has 1 aromatic carbocycles. The fraction of sp³-hybridized carbons (Fsp3) is 0.348. The summed E-state index contributed by atoms with van der Waals surface area (Å²) in [6, 6.07) is 12.1. The molecule has 3 rings (SSSR count). The zero-order chi connectivity index (χ0) is 21.3. The van der Waals surface area contributed by atoms with Crippen molar-refractivity contribution in [3.63, 3.8) is 0 Å². The molecule has 0 atom stereocenters. The van der Waals surface area contributed by atoms with E-state index in [1.807, 2.05) is 31.2 Å². The SMILES string of the molecule is CCOc1ccc(CN(Cc2nc(C(=O)NCc3ccncc3)co2)C(C)C)cc1. The van der Waals surface area contributed by atoms with Gasteiger partial charge in [-0.25, -0.2) is 4.98 Å². The summed E-state index contributed by atoms with van der Waals surface area (Å²) >= 11 is 0. The molecule has 0 saturated carbocycles. The highest BCUT2D eigenvalue weighted by molar-refractivity contribution is 5.91. The highest BCUT2D eigenvalue weighted by Crippen LogP contribution is 2.17.